The number of aliphatic hydroxyl groups is 2. The minimum absolute atomic E-state index is 0.147. The van der Waals surface area contributed by atoms with Gasteiger partial charge in [0.1, 0.15) is 10.7 Å². The number of nitrogens with one attached hydrogen (secondary N) is 2. The van der Waals surface area contributed by atoms with Crippen molar-refractivity contribution in [2.75, 3.05) is 18.5 Å². The first-order valence-electron chi connectivity index (χ1n) is 9.88. The summed E-state index contributed by atoms with van der Waals surface area (Å²) < 4.78 is 1.95. The molecule has 2 aromatic rings. The van der Waals surface area contributed by atoms with Crippen molar-refractivity contribution in [3.63, 3.8) is 0 Å². The first kappa shape index (κ1) is 21.4. The van der Waals surface area contributed by atoms with Gasteiger partial charge in [-0.15, -0.1) is 0 Å². The minimum Gasteiger partial charge on any atom is -0.391 e. The summed E-state index contributed by atoms with van der Waals surface area (Å²) in [6.45, 7) is 4.90. The van der Waals surface area contributed by atoms with Crippen LogP contribution >= 0.6 is 12.2 Å². The number of likely N-dealkylation sites (tertiary alicyclic amines) is 1. The van der Waals surface area contributed by atoms with Crippen molar-refractivity contribution in [3.8, 4) is 0 Å². The van der Waals surface area contributed by atoms with Gasteiger partial charge in [-0.05, 0) is 18.4 Å². The number of carbonyl (C=O) groups is 1. The molecule has 4 rings (SSSR count). The molecule has 9 heteroatoms. The molecule has 2 aliphatic rings. The number of piperidine rings is 1. The summed E-state index contributed by atoms with van der Waals surface area (Å²) in [6, 6.07) is 8.63. The number of anilines is 1. The van der Waals surface area contributed by atoms with Crippen molar-refractivity contribution >= 4 is 23.9 Å². The molecular formula is C20H27N5O3S. The highest BCUT2D eigenvalue weighted by atomic mass is 32.1. The Morgan fingerprint density at radius 2 is 2.00 bits per heavy atom. The second-order valence-electron chi connectivity index (χ2n) is 6.78. The third kappa shape index (κ3) is 4.32. The highest BCUT2D eigenvalue weighted by Gasteiger charge is 2.33. The molecule has 0 saturated carbocycles. The Morgan fingerprint density at radius 1 is 1.28 bits per heavy atom. The fraction of sp³-hybridized carbons (Fsp3) is 0.450. The van der Waals surface area contributed by atoms with Crippen LogP contribution in [0.4, 0.5) is 5.82 Å². The predicted octanol–water partition coefficient (Wildman–Crippen LogP) is 2.13. The number of aromatic nitrogens is 2. The van der Waals surface area contributed by atoms with Crippen LogP contribution in [0.25, 0.3) is 0 Å². The van der Waals surface area contributed by atoms with Crippen LogP contribution < -0.4 is 10.9 Å². The van der Waals surface area contributed by atoms with Gasteiger partial charge in [0.15, 0.2) is 12.0 Å². The third-order valence-corrected chi connectivity index (χ3v) is 5.40. The number of nitrogens with zero attached hydrogens (tertiary/aromatic N) is 3. The quantitative estimate of drug-likeness (QED) is 0.568. The van der Waals surface area contributed by atoms with E-state index in [0.29, 0.717) is 35.5 Å². The van der Waals surface area contributed by atoms with Crippen LogP contribution in [-0.2, 0) is 4.79 Å². The number of hydrogen-bond acceptors (Lipinski definition) is 7. The zero-order valence-corrected chi connectivity index (χ0v) is 17.4. The standard InChI is InChI=1S/C18H21N5O3S.C2H6/c24-12-7-4-8-22(9-12)17(26)14(11-5-2-1-3-6-11)23-10-19-15-13(18(23)27)16(25)21-20-15;1-2/h1-3,5-6,10,12,14,16,20-21,24-25H,4,7-9H2;1-2H3. The molecular weight excluding hydrogens is 390 g/mol. The average Bonchev–Trinajstić information content (AvgIpc) is 3.13. The maximum absolute atomic E-state index is 13.4. The lowest BCUT2D eigenvalue weighted by Gasteiger charge is -2.33. The number of rotatable bonds is 3. The highest BCUT2D eigenvalue weighted by molar-refractivity contribution is 7.71. The van der Waals surface area contributed by atoms with E-state index in [4.69, 9.17) is 12.2 Å². The second kappa shape index (κ2) is 9.45. The van der Waals surface area contributed by atoms with Crippen LogP contribution in [0.2, 0.25) is 0 Å². The van der Waals surface area contributed by atoms with E-state index in [1.54, 1.807) is 9.47 Å². The van der Waals surface area contributed by atoms with Crippen molar-refractivity contribution in [2.45, 2.75) is 45.1 Å². The summed E-state index contributed by atoms with van der Waals surface area (Å²) in [5.74, 6) is 0.308. The van der Waals surface area contributed by atoms with Crippen molar-refractivity contribution in [1.82, 2.24) is 19.9 Å². The largest absolute Gasteiger partial charge is 0.391 e. The van der Waals surface area contributed by atoms with E-state index < -0.39 is 18.4 Å². The maximum Gasteiger partial charge on any atom is 0.250 e. The fourth-order valence-electron chi connectivity index (χ4n) is 3.61. The number of benzene rings is 1. The molecule has 4 N–H and O–H groups in total. The number of aliphatic hydroxyl groups excluding tert-OH is 2. The van der Waals surface area contributed by atoms with Crippen LogP contribution in [0.5, 0.6) is 0 Å². The van der Waals surface area contributed by atoms with Gasteiger partial charge in [-0.1, -0.05) is 56.4 Å². The molecule has 156 valence electrons. The second-order valence-corrected chi connectivity index (χ2v) is 7.17. The first-order chi connectivity index (χ1) is 14.1. The Morgan fingerprint density at radius 3 is 2.69 bits per heavy atom. The van der Waals surface area contributed by atoms with Crippen LogP contribution in [-0.4, -0.2) is 49.8 Å². The molecule has 29 heavy (non-hydrogen) atoms. The van der Waals surface area contributed by atoms with Gasteiger partial charge in [-0.2, -0.15) is 0 Å². The molecule has 1 aromatic carbocycles. The van der Waals surface area contributed by atoms with Gasteiger partial charge in [0.25, 0.3) is 0 Å². The zero-order chi connectivity index (χ0) is 21.0. The number of hydrazine groups is 1. The number of fused-ring (bicyclic) bond motifs is 1. The molecule has 0 radical (unpaired) electrons. The summed E-state index contributed by atoms with van der Waals surface area (Å²) in [5.41, 5.74) is 6.66. The Kier molecular flexibility index (Phi) is 6.96. The number of carbonyl (C=O) groups excluding carboxylic acids is 1. The van der Waals surface area contributed by atoms with Crippen LogP contribution in [0.3, 0.4) is 0 Å². The van der Waals surface area contributed by atoms with Gasteiger partial charge < -0.3 is 25.1 Å². The smallest absolute Gasteiger partial charge is 0.250 e. The average molecular weight is 418 g/mol. The maximum atomic E-state index is 13.4. The Balaban J connectivity index is 0.00000117. The number of β-amino-alcohol motifs (C(OH)–C–C–N with tert-alkyl or cyclic N) is 1. The SMILES string of the molecule is CC.O=C(C(c1ccccc1)n1cnc2c(c1=S)C(O)NN2)N1CCCC(O)C1. The van der Waals surface area contributed by atoms with E-state index in [9.17, 15) is 15.0 Å². The summed E-state index contributed by atoms with van der Waals surface area (Å²) in [4.78, 5) is 19.4. The molecule has 2 aliphatic heterocycles. The van der Waals surface area contributed by atoms with Crippen LogP contribution in [0, 0.1) is 4.64 Å². The van der Waals surface area contributed by atoms with E-state index >= 15 is 0 Å². The monoisotopic (exact) mass is 417 g/mol. The molecule has 1 amide bonds. The molecule has 0 spiro atoms. The van der Waals surface area contributed by atoms with Crippen molar-refractivity contribution < 1.29 is 15.0 Å². The molecule has 3 unspecified atom stereocenters. The van der Waals surface area contributed by atoms with E-state index in [-0.39, 0.29) is 5.91 Å². The van der Waals surface area contributed by atoms with E-state index in [0.717, 1.165) is 12.0 Å². The van der Waals surface area contributed by atoms with Crippen LogP contribution in [0.1, 0.15) is 50.1 Å². The van der Waals surface area contributed by atoms with Gasteiger partial charge in [0, 0.05) is 13.1 Å². The molecule has 1 saturated heterocycles. The molecule has 0 aliphatic carbocycles. The summed E-state index contributed by atoms with van der Waals surface area (Å²) in [5, 5.41) is 20.1. The highest BCUT2D eigenvalue weighted by Crippen LogP contribution is 2.30. The lowest BCUT2D eigenvalue weighted by atomic mass is 10.0. The van der Waals surface area contributed by atoms with Gasteiger partial charge in [0.2, 0.25) is 5.91 Å². The van der Waals surface area contributed by atoms with Crippen molar-refractivity contribution in [3.05, 3.63) is 52.4 Å². The summed E-state index contributed by atoms with van der Waals surface area (Å²) in [6.07, 6.45) is 1.47. The van der Waals surface area contributed by atoms with E-state index in [2.05, 4.69) is 15.8 Å². The summed E-state index contributed by atoms with van der Waals surface area (Å²) in [7, 11) is 0. The first-order valence-corrected chi connectivity index (χ1v) is 10.3. The fourth-order valence-corrected chi connectivity index (χ4v) is 3.97. The Bertz CT molecular complexity index is 905. The predicted molar refractivity (Wildman–Crippen MR) is 113 cm³/mol. The molecule has 3 atom stereocenters. The van der Waals surface area contributed by atoms with Gasteiger partial charge in [0.05, 0.1) is 18.0 Å². The minimum atomic E-state index is -0.990. The Labute approximate surface area is 175 Å². The molecule has 3 heterocycles. The van der Waals surface area contributed by atoms with Crippen molar-refractivity contribution in [1.29, 1.82) is 0 Å². The number of hydrogen-bond donors (Lipinski definition) is 4. The zero-order valence-electron chi connectivity index (χ0n) is 16.6. The van der Waals surface area contributed by atoms with Crippen molar-refractivity contribution in [2.24, 2.45) is 0 Å². The lowest BCUT2D eigenvalue weighted by Crippen LogP contribution is -2.45. The Hall–Kier alpha value is -2.33. The van der Waals surface area contributed by atoms with E-state index in [1.807, 2.05) is 44.2 Å². The molecule has 0 bridgehead atoms. The van der Waals surface area contributed by atoms with Crippen LogP contribution in [0.15, 0.2) is 36.7 Å². The number of amides is 1. The van der Waals surface area contributed by atoms with Gasteiger partial charge >= 0.3 is 0 Å². The lowest BCUT2D eigenvalue weighted by molar-refractivity contribution is -0.136. The van der Waals surface area contributed by atoms with E-state index in [1.165, 1.54) is 6.33 Å². The van der Waals surface area contributed by atoms with Gasteiger partial charge in [-0.3, -0.25) is 4.79 Å². The van der Waals surface area contributed by atoms with Gasteiger partial charge in [-0.25, -0.2) is 10.4 Å². The molecule has 1 aromatic heterocycles. The molecule has 1 fully saturated rings. The normalized spacial score (nSPS) is 21.4. The third-order valence-electron chi connectivity index (χ3n) is 4.97. The molecule has 8 nitrogen and oxygen atoms in total. The topological polar surface area (TPSA) is 103 Å². The summed E-state index contributed by atoms with van der Waals surface area (Å²) >= 11 is 5.58.